The van der Waals surface area contributed by atoms with Crippen LogP contribution in [0.4, 0.5) is 0 Å². The van der Waals surface area contributed by atoms with E-state index in [0.29, 0.717) is 18.8 Å². The Morgan fingerprint density at radius 2 is 1.65 bits per heavy atom. The highest BCUT2D eigenvalue weighted by Gasteiger charge is 2.10. The SMILES string of the molecule is CCCCCCCOC(=O)CCCC(=O)OCc1cc(Br)ccc1OC. The molecule has 146 valence electrons. The summed E-state index contributed by atoms with van der Waals surface area (Å²) in [5.41, 5.74) is 0.790. The van der Waals surface area contributed by atoms with Gasteiger partial charge in [0.2, 0.25) is 0 Å². The van der Waals surface area contributed by atoms with Crippen molar-refractivity contribution < 1.29 is 23.8 Å². The Balaban J connectivity index is 2.15. The fraction of sp³-hybridized carbons (Fsp3) is 0.600. The summed E-state index contributed by atoms with van der Waals surface area (Å²) in [6, 6.07) is 5.52. The predicted octanol–water partition coefficient (Wildman–Crippen LogP) is 5.18. The molecule has 5 nitrogen and oxygen atoms in total. The zero-order chi connectivity index (χ0) is 19.2. The summed E-state index contributed by atoms with van der Waals surface area (Å²) >= 11 is 3.38. The van der Waals surface area contributed by atoms with E-state index in [2.05, 4.69) is 22.9 Å². The van der Waals surface area contributed by atoms with Crippen LogP contribution in [-0.2, 0) is 25.7 Å². The van der Waals surface area contributed by atoms with Gasteiger partial charge in [0.1, 0.15) is 12.4 Å². The van der Waals surface area contributed by atoms with Crippen LogP contribution in [0, 0.1) is 0 Å². The first-order valence-electron chi connectivity index (χ1n) is 9.20. The van der Waals surface area contributed by atoms with E-state index in [1.807, 2.05) is 18.2 Å². The van der Waals surface area contributed by atoms with Crippen LogP contribution < -0.4 is 4.74 Å². The fourth-order valence-corrected chi connectivity index (χ4v) is 2.84. The summed E-state index contributed by atoms with van der Waals surface area (Å²) < 4.78 is 16.5. The van der Waals surface area contributed by atoms with Gasteiger partial charge in [0.25, 0.3) is 0 Å². The van der Waals surface area contributed by atoms with E-state index in [1.165, 1.54) is 19.3 Å². The minimum atomic E-state index is -0.334. The van der Waals surface area contributed by atoms with Crippen LogP contribution in [0.3, 0.4) is 0 Å². The van der Waals surface area contributed by atoms with Gasteiger partial charge in [-0.3, -0.25) is 9.59 Å². The number of unbranched alkanes of at least 4 members (excludes halogenated alkanes) is 4. The molecule has 0 heterocycles. The van der Waals surface area contributed by atoms with Gasteiger partial charge in [0.05, 0.1) is 13.7 Å². The van der Waals surface area contributed by atoms with Gasteiger partial charge in [0, 0.05) is 22.9 Å². The normalized spacial score (nSPS) is 10.4. The molecule has 0 saturated heterocycles. The molecule has 1 aromatic carbocycles. The monoisotopic (exact) mass is 428 g/mol. The van der Waals surface area contributed by atoms with Gasteiger partial charge >= 0.3 is 11.9 Å². The summed E-state index contributed by atoms with van der Waals surface area (Å²) in [6.45, 7) is 2.78. The summed E-state index contributed by atoms with van der Waals surface area (Å²) in [4.78, 5) is 23.4. The Morgan fingerprint density at radius 1 is 0.962 bits per heavy atom. The number of hydrogen-bond acceptors (Lipinski definition) is 5. The molecule has 0 amide bonds. The minimum absolute atomic E-state index is 0.143. The lowest BCUT2D eigenvalue weighted by atomic mass is 10.2. The van der Waals surface area contributed by atoms with Crippen LogP contribution in [0.25, 0.3) is 0 Å². The fourth-order valence-electron chi connectivity index (χ4n) is 2.43. The number of esters is 2. The second-order valence-electron chi connectivity index (χ2n) is 6.11. The first-order valence-corrected chi connectivity index (χ1v) is 9.99. The number of methoxy groups -OCH3 is 1. The lowest BCUT2D eigenvalue weighted by molar-refractivity contribution is -0.146. The van der Waals surface area contributed by atoms with Crippen LogP contribution >= 0.6 is 15.9 Å². The van der Waals surface area contributed by atoms with Gasteiger partial charge in [-0.15, -0.1) is 0 Å². The molecule has 0 aliphatic heterocycles. The number of ether oxygens (including phenoxy) is 3. The van der Waals surface area contributed by atoms with Crippen LogP contribution in [-0.4, -0.2) is 25.7 Å². The molecule has 6 heteroatoms. The Labute approximate surface area is 164 Å². The third-order valence-corrected chi connectivity index (χ3v) is 4.40. The van der Waals surface area contributed by atoms with Gasteiger partial charge in [-0.25, -0.2) is 0 Å². The van der Waals surface area contributed by atoms with E-state index in [0.717, 1.165) is 22.9 Å². The standard InChI is InChI=1S/C20H29BrO5/c1-3-4-5-6-7-13-25-19(22)9-8-10-20(23)26-15-16-14-17(21)11-12-18(16)24-2/h11-12,14H,3-10,13,15H2,1-2H3. The van der Waals surface area contributed by atoms with E-state index in [4.69, 9.17) is 14.2 Å². The van der Waals surface area contributed by atoms with Crippen molar-refractivity contribution in [2.75, 3.05) is 13.7 Å². The maximum absolute atomic E-state index is 11.8. The quantitative estimate of drug-likeness (QED) is 0.319. The number of benzene rings is 1. The molecule has 0 fully saturated rings. The van der Waals surface area contributed by atoms with Gasteiger partial charge < -0.3 is 14.2 Å². The first-order chi connectivity index (χ1) is 12.6. The molecule has 0 saturated carbocycles. The Bertz CT molecular complexity index is 559. The van der Waals surface area contributed by atoms with Gasteiger partial charge in [-0.2, -0.15) is 0 Å². The van der Waals surface area contributed by atoms with Crippen molar-refractivity contribution in [1.82, 2.24) is 0 Å². The molecule has 1 aromatic rings. The number of carbonyl (C=O) groups excluding carboxylic acids is 2. The average molecular weight is 429 g/mol. The maximum Gasteiger partial charge on any atom is 0.306 e. The van der Waals surface area contributed by atoms with E-state index in [9.17, 15) is 9.59 Å². The van der Waals surface area contributed by atoms with Crippen molar-refractivity contribution in [2.24, 2.45) is 0 Å². The number of carbonyl (C=O) groups is 2. The summed E-state index contributed by atoms with van der Waals surface area (Å²) in [5, 5.41) is 0. The summed E-state index contributed by atoms with van der Waals surface area (Å²) in [5.74, 6) is 0.0878. The zero-order valence-electron chi connectivity index (χ0n) is 15.7. The molecule has 0 unspecified atom stereocenters. The highest BCUT2D eigenvalue weighted by molar-refractivity contribution is 9.10. The number of halogens is 1. The molecule has 0 aromatic heterocycles. The van der Waals surface area contributed by atoms with Crippen LogP contribution in [0.1, 0.15) is 63.9 Å². The number of rotatable bonds is 13. The highest BCUT2D eigenvalue weighted by atomic mass is 79.9. The average Bonchev–Trinajstić information content (AvgIpc) is 2.63. The molecule has 0 aliphatic rings. The molecule has 0 N–H and O–H groups in total. The lowest BCUT2D eigenvalue weighted by Gasteiger charge is -2.10. The largest absolute Gasteiger partial charge is 0.496 e. The smallest absolute Gasteiger partial charge is 0.306 e. The van der Waals surface area contributed by atoms with Crippen molar-refractivity contribution in [3.63, 3.8) is 0 Å². The van der Waals surface area contributed by atoms with E-state index >= 15 is 0 Å². The van der Waals surface area contributed by atoms with E-state index in [1.54, 1.807) is 7.11 Å². The molecule has 26 heavy (non-hydrogen) atoms. The Hall–Kier alpha value is -1.56. The second kappa shape index (κ2) is 13.6. The third-order valence-electron chi connectivity index (χ3n) is 3.90. The highest BCUT2D eigenvalue weighted by Crippen LogP contribution is 2.23. The van der Waals surface area contributed by atoms with Crippen molar-refractivity contribution in [2.45, 2.75) is 64.9 Å². The summed E-state index contributed by atoms with van der Waals surface area (Å²) in [6.07, 6.45) is 6.47. The first kappa shape index (κ1) is 22.5. The van der Waals surface area contributed by atoms with Crippen molar-refractivity contribution in [3.05, 3.63) is 28.2 Å². The topological polar surface area (TPSA) is 61.8 Å². The molecule has 1 rings (SSSR count). The van der Waals surface area contributed by atoms with Crippen LogP contribution in [0.2, 0.25) is 0 Å². The number of hydrogen-bond donors (Lipinski definition) is 0. The van der Waals surface area contributed by atoms with Crippen molar-refractivity contribution >= 4 is 27.9 Å². The van der Waals surface area contributed by atoms with E-state index in [-0.39, 0.29) is 31.4 Å². The van der Waals surface area contributed by atoms with Crippen LogP contribution in [0.15, 0.2) is 22.7 Å². The van der Waals surface area contributed by atoms with Crippen molar-refractivity contribution in [1.29, 1.82) is 0 Å². The van der Waals surface area contributed by atoms with Gasteiger partial charge in [-0.1, -0.05) is 48.5 Å². The molecule has 0 aliphatic carbocycles. The van der Waals surface area contributed by atoms with Crippen molar-refractivity contribution in [3.8, 4) is 5.75 Å². The second-order valence-corrected chi connectivity index (χ2v) is 7.02. The third kappa shape index (κ3) is 9.80. The molecule has 0 bridgehead atoms. The van der Waals surface area contributed by atoms with E-state index < -0.39 is 0 Å². The molecule has 0 radical (unpaired) electrons. The zero-order valence-corrected chi connectivity index (χ0v) is 17.3. The lowest BCUT2D eigenvalue weighted by Crippen LogP contribution is -2.09. The molecule has 0 spiro atoms. The molecular formula is C20H29BrO5. The Morgan fingerprint density at radius 3 is 2.35 bits per heavy atom. The Kier molecular flexibility index (Phi) is 11.8. The minimum Gasteiger partial charge on any atom is -0.496 e. The molecule has 0 atom stereocenters. The van der Waals surface area contributed by atoms with Crippen LogP contribution in [0.5, 0.6) is 5.75 Å². The summed E-state index contributed by atoms with van der Waals surface area (Å²) in [7, 11) is 1.57. The maximum atomic E-state index is 11.8. The molecular weight excluding hydrogens is 400 g/mol. The predicted molar refractivity (Wildman–Crippen MR) is 104 cm³/mol. The van der Waals surface area contributed by atoms with Gasteiger partial charge in [0.15, 0.2) is 0 Å². The van der Waals surface area contributed by atoms with Gasteiger partial charge in [-0.05, 0) is 31.0 Å².